The fourth-order valence-electron chi connectivity index (χ4n) is 1.82. The van der Waals surface area contributed by atoms with Crippen molar-refractivity contribution in [3.63, 3.8) is 0 Å². The first kappa shape index (κ1) is 22.8. The molecule has 142 valence electrons. The van der Waals surface area contributed by atoms with Gasteiger partial charge in [0.05, 0.1) is 11.9 Å². The van der Waals surface area contributed by atoms with Gasteiger partial charge in [0, 0.05) is 27.7 Å². The monoisotopic (exact) mass is 382 g/mol. The van der Waals surface area contributed by atoms with Crippen molar-refractivity contribution in [2.24, 2.45) is 0 Å². The van der Waals surface area contributed by atoms with E-state index in [0.29, 0.717) is 0 Å². The van der Waals surface area contributed by atoms with Gasteiger partial charge in [-0.25, -0.2) is 0 Å². The van der Waals surface area contributed by atoms with Crippen LogP contribution in [0.4, 0.5) is 0 Å². The van der Waals surface area contributed by atoms with Crippen LogP contribution in [-0.4, -0.2) is 61.2 Å². The molecule has 0 aliphatic heterocycles. The summed E-state index contributed by atoms with van der Waals surface area (Å²) in [6.07, 6.45) is -5.82. The Morgan fingerprint density at radius 2 is 1.32 bits per heavy atom. The topological polar surface area (TPSA) is 132 Å². The molecule has 0 N–H and O–H groups in total. The van der Waals surface area contributed by atoms with Crippen LogP contribution in [0, 0.1) is 0 Å². The first-order chi connectivity index (χ1) is 11.6. The van der Waals surface area contributed by atoms with Gasteiger partial charge in [0.2, 0.25) is 0 Å². The Morgan fingerprint density at radius 1 is 0.840 bits per heavy atom. The van der Waals surface area contributed by atoms with Crippen molar-refractivity contribution in [1.82, 2.24) is 0 Å². The Hall–Kier alpha value is -2.20. The van der Waals surface area contributed by atoms with Gasteiger partial charge in [-0.2, -0.15) is 0 Å². The van der Waals surface area contributed by atoms with Gasteiger partial charge in [0.1, 0.15) is 6.61 Å². The molecule has 0 aliphatic carbocycles. The predicted octanol–water partition coefficient (Wildman–Crippen LogP) is 0.0825. The summed E-state index contributed by atoms with van der Waals surface area (Å²) in [5.41, 5.74) is 0. The third-order valence-corrected chi connectivity index (χ3v) is 2.83. The number of hydrogen-bond acceptors (Lipinski definition) is 10. The van der Waals surface area contributed by atoms with Crippen LogP contribution >= 0.6 is 11.9 Å². The Kier molecular flexibility index (Phi) is 10.4. The fraction of sp³-hybridized carbons (Fsp3) is 0.643. The van der Waals surface area contributed by atoms with Crippen molar-refractivity contribution in [2.75, 3.05) is 6.61 Å². The molecular formula is C14H19ClO10. The maximum absolute atomic E-state index is 11.4. The van der Waals surface area contributed by atoms with Gasteiger partial charge in [0.15, 0.2) is 30.7 Å². The summed E-state index contributed by atoms with van der Waals surface area (Å²) in [6, 6.07) is 0. The molecule has 0 aromatic carbocycles. The Bertz CT molecular complexity index is 506. The second kappa shape index (κ2) is 11.4. The minimum Gasteiger partial charge on any atom is -0.462 e. The molecule has 0 saturated carbocycles. The van der Waals surface area contributed by atoms with E-state index in [1.165, 1.54) is 0 Å². The molecule has 4 atom stereocenters. The highest BCUT2D eigenvalue weighted by molar-refractivity contribution is 6.08. The molecule has 0 rings (SSSR count). The number of halogens is 1. The summed E-state index contributed by atoms with van der Waals surface area (Å²) in [4.78, 5) is 56.2. The summed E-state index contributed by atoms with van der Waals surface area (Å²) in [6.45, 7) is 3.69. The minimum atomic E-state index is -1.56. The van der Waals surface area contributed by atoms with Gasteiger partial charge >= 0.3 is 23.9 Å². The highest BCUT2D eigenvalue weighted by Gasteiger charge is 2.43. The van der Waals surface area contributed by atoms with Crippen LogP contribution in [0.3, 0.4) is 0 Å². The first-order valence-electron chi connectivity index (χ1n) is 7.00. The molecule has 0 amide bonds. The summed E-state index contributed by atoms with van der Waals surface area (Å²) < 4.78 is 24.1. The zero-order valence-electron chi connectivity index (χ0n) is 14.1. The number of esters is 4. The summed E-state index contributed by atoms with van der Waals surface area (Å²) in [7, 11) is 0. The van der Waals surface area contributed by atoms with Gasteiger partial charge < -0.3 is 23.7 Å². The smallest absolute Gasteiger partial charge is 0.303 e. The standard InChI is InChI=1S/C14H19ClO10/c1-7(17)21-6-12(22-8(2)18)14(24-10(4)20)13(23-9(3)19)11(5-16)25-15/h5,11-14H,6H2,1-4H3/t11-,12-,13+,14-/m1/s1. The van der Waals surface area contributed by atoms with Crippen LogP contribution in [0.2, 0.25) is 0 Å². The minimum absolute atomic E-state index is 0.202. The second-order valence-electron chi connectivity index (χ2n) is 4.79. The maximum Gasteiger partial charge on any atom is 0.303 e. The fourth-order valence-corrected chi connectivity index (χ4v) is 1.96. The van der Waals surface area contributed by atoms with E-state index in [0.717, 1.165) is 27.7 Å². The molecule has 0 heterocycles. The van der Waals surface area contributed by atoms with Gasteiger partial charge in [0.25, 0.3) is 0 Å². The summed E-state index contributed by atoms with van der Waals surface area (Å²) >= 11 is 5.21. The lowest BCUT2D eigenvalue weighted by Crippen LogP contribution is -2.52. The average molecular weight is 383 g/mol. The van der Waals surface area contributed by atoms with E-state index in [4.69, 9.17) is 30.8 Å². The average Bonchev–Trinajstić information content (AvgIpc) is 2.48. The van der Waals surface area contributed by atoms with Crippen molar-refractivity contribution in [1.29, 1.82) is 0 Å². The normalized spacial score (nSPS) is 15.1. The molecule has 11 heteroatoms. The Balaban J connectivity index is 5.80. The molecule has 0 fully saturated rings. The molecule has 0 aromatic rings. The van der Waals surface area contributed by atoms with E-state index in [9.17, 15) is 24.0 Å². The molecule has 0 saturated heterocycles. The van der Waals surface area contributed by atoms with Crippen LogP contribution in [-0.2, 0) is 47.2 Å². The molecule has 0 aromatic heterocycles. The SMILES string of the molecule is CC(=O)OC[C@@H](OC(C)=O)[C@@H](OC(C)=O)[C@@H](OC(C)=O)[C@@H](C=O)OCl. The Labute approximate surface area is 148 Å². The van der Waals surface area contributed by atoms with E-state index in [1.54, 1.807) is 0 Å². The van der Waals surface area contributed by atoms with E-state index in [-0.39, 0.29) is 6.29 Å². The molecule has 0 aliphatic rings. The third kappa shape index (κ3) is 9.01. The zero-order chi connectivity index (χ0) is 19.6. The molecule has 10 nitrogen and oxygen atoms in total. The number of ether oxygens (including phenoxy) is 4. The highest BCUT2D eigenvalue weighted by Crippen LogP contribution is 2.19. The molecule has 0 radical (unpaired) electrons. The van der Waals surface area contributed by atoms with E-state index >= 15 is 0 Å². The van der Waals surface area contributed by atoms with E-state index < -0.39 is 54.9 Å². The van der Waals surface area contributed by atoms with Crippen molar-refractivity contribution >= 4 is 42.0 Å². The van der Waals surface area contributed by atoms with E-state index in [2.05, 4.69) is 4.29 Å². The summed E-state index contributed by atoms with van der Waals surface area (Å²) in [5, 5.41) is 0. The lowest BCUT2D eigenvalue weighted by molar-refractivity contribution is -0.195. The van der Waals surface area contributed by atoms with Crippen LogP contribution < -0.4 is 0 Å². The summed E-state index contributed by atoms with van der Waals surface area (Å²) in [5.74, 6) is -3.20. The zero-order valence-corrected chi connectivity index (χ0v) is 14.8. The number of carbonyl (C=O) groups excluding carboxylic acids is 5. The maximum atomic E-state index is 11.4. The van der Waals surface area contributed by atoms with Crippen molar-refractivity contribution in [3.8, 4) is 0 Å². The molecule has 0 spiro atoms. The first-order valence-corrected chi connectivity index (χ1v) is 7.30. The van der Waals surface area contributed by atoms with Crippen LogP contribution in [0.25, 0.3) is 0 Å². The second-order valence-corrected chi connectivity index (χ2v) is 4.97. The van der Waals surface area contributed by atoms with Crippen LogP contribution in [0.5, 0.6) is 0 Å². The molecule has 0 bridgehead atoms. The van der Waals surface area contributed by atoms with Gasteiger partial charge in [-0.3, -0.25) is 23.5 Å². The Morgan fingerprint density at radius 3 is 1.68 bits per heavy atom. The van der Waals surface area contributed by atoms with Gasteiger partial charge in [-0.1, -0.05) is 0 Å². The van der Waals surface area contributed by atoms with Crippen molar-refractivity contribution in [2.45, 2.75) is 52.1 Å². The quantitative estimate of drug-likeness (QED) is 0.290. The molecule has 25 heavy (non-hydrogen) atoms. The molecule has 0 unspecified atom stereocenters. The number of hydrogen-bond donors (Lipinski definition) is 0. The van der Waals surface area contributed by atoms with Crippen LogP contribution in [0.1, 0.15) is 27.7 Å². The van der Waals surface area contributed by atoms with Gasteiger partial charge in [-0.15, -0.1) is 0 Å². The van der Waals surface area contributed by atoms with Crippen molar-refractivity contribution < 1.29 is 47.2 Å². The van der Waals surface area contributed by atoms with Crippen LogP contribution in [0.15, 0.2) is 0 Å². The highest BCUT2D eigenvalue weighted by atomic mass is 35.5. The molecular weight excluding hydrogens is 364 g/mol. The van der Waals surface area contributed by atoms with Crippen molar-refractivity contribution in [3.05, 3.63) is 0 Å². The lowest BCUT2D eigenvalue weighted by atomic mass is 10.0. The number of rotatable bonds is 10. The number of aldehydes is 1. The number of carbonyl (C=O) groups is 5. The lowest BCUT2D eigenvalue weighted by Gasteiger charge is -2.32. The largest absolute Gasteiger partial charge is 0.462 e. The van der Waals surface area contributed by atoms with Gasteiger partial charge in [-0.05, 0) is 0 Å². The predicted molar refractivity (Wildman–Crippen MR) is 80.1 cm³/mol. The van der Waals surface area contributed by atoms with E-state index in [1.807, 2.05) is 0 Å². The third-order valence-electron chi connectivity index (χ3n) is 2.62.